The Balaban J connectivity index is 0.930. The molecule has 1 aliphatic carbocycles. The first-order valence-electron chi connectivity index (χ1n) is 17.6. The Kier molecular flexibility index (Phi) is 15.8. The molecule has 228 valence electrons. The van der Waals surface area contributed by atoms with Crippen LogP contribution < -0.4 is 0 Å². The third-order valence-electron chi connectivity index (χ3n) is 9.64. The molecule has 2 aromatic heterocycles. The number of hydrogen-bond donors (Lipinski definition) is 0. The van der Waals surface area contributed by atoms with Crippen LogP contribution in [0.15, 0.2) is 49.1 Å². The van der Waals surface area contributed by atoms with Gasteiger partial charge in [0.25, 0.3) is 0 Å². The molecule has 2 aromatic rings. The summed E-state index contributed by atoms with van der Waals surface area (Å²) in [6.45, 7) is 1.16. The highest BCUT2D eigenvalue weighted by atomic mass is 16.7. The van der Waals surface area contributed by atoms with Gasteiger partial charge in [0.05, 0.1) is 6.10 Å². The lowest BCUT2D eigenvalue weighted by Crippen LogP contribution is -2.29. The van der Waals surface area contributed by atoms with Gasteiger partial charge in [-0.05, 0) is 74.6 Å². The third-order valence-corrected chi connectivity index (χ3v) is 9.64. The average Bonchev–Trinajstić information content (AvgIpc) is 3.62. The molecule has 0 spiro atoms. The Morgan fingerprint density at radius 1 is 0.610 bits per heavy atom. The lowest BCUT2D eigenvalue weighted by Gasteiger charge is -2.21. The van der Waals surface area contributed by atoms with Crippen LogP contribution in [-0.4, -0.2) is 33.7 Å². The van der Waals surface area contributed by atoms with E-state index in [0.717, 1.165) is 18.5 Å². The zero-order valence-electron chi connectivity index (χ0n) is 26.1. The maximum absolute atomic E-state index is 6.57. The van der Waals surface area contributed by atoms with Crippen LogP contribution in [0, 0.1) is 5.92 Å². The molecule has 1 saturated carbocycles. The van der Waals surface area contributed by atoms with Crippen LogP contribution >= 0.6 is 0 Å². The SMILES string of the molecule is c1cncc(CCCCCCCCCCCCCN2OC(CCCCCCCCc3cccnc3)[C@H]3CCC[C@H]32)c1. The lowest BCUT2D eigenvalue weighted by molar-refractivity contribution is -0.167. The first kappa shape index (κ1) is 32.1. The van der Waals surface area contributed by atoms with Gasteiger partial charge in [0.2, 0.25) is 0 Å². The molecular weight excluding hydrogens is 502 g/mol. The molecule has 41 heavy (non-hydrogen) atoms. The van der Waals surface area contributed by atoms with Crippen molar-refractivity contribution in [3.8, 4) is 0 Å². The summed E-state index contributed by atoms with van der Waals surface area (Å²) >= 11 is 0. The summed E-state index contributed by atoms with van der Waals surface area (Å²) in [6, 6.07) is 9.22. The van der Waals surface area contributed by atoms with E-state index in [0.29, 0.717) is 6.10 Å². The van der Waals surface area contributed by atoms with Gasteiger partial charge < -0.3 is 0 Å². The van der Waals surface area contributed by atoms with Crippen molar-refractivity contribution in [1.29, 1.82) is 0 Å². The van der Waals surface area contributed by atoms with Crippen molar-refractivity contribution in [3.05, 3.63) is 60.2 Å². The molecule has 4 rings (SSSR count). The smallest absolute Gasteiger partial charge is 0.0837 e. The summed E-state index contributed by atoms with van der Waals surface area (Å²) in [5.74, 6) is 0.810. The molecule has 0 N–H and O–H groups in total. The van der Waals surface area contributed by atoms with E-state index in [4.69, 9.17) is 4.84 Å². The number of rotatable bonds is 23. The molecule has 1 unspecified atom stereocenters. The number of hydroxylamine groups is 2. The summed E-state index contributed by atoms with van der Waals surface area (Å²) in [5, 5.41) is 2.44. The summed E-state index contributed by atoms with van der Waals surface area (Å²) in [7, 11) is 0. The van der Waals surface area contributed by atoms with E-state index in [2.05, 4.69) is 33.2 Å². The fourth-order valence-corrected chi connectivity index (χ4v) is 7.24. The Hall–Kier alpha value is -1.78. The molecule has 2 fully saturated rings. The number of pyridine rings is 2. The van der Waals surface area contributed by atoms with Crippen LogP contribution in [0.25, 0.3) is 0 Å². The normalized spacial score (nSPS) is 20.5. The maximum Gasteiger partial charge on any atom is 0.0837 e. The average molecular weight is 562 g/mol. The maximum atomic E-state index is 6.57. The summed E-state index contributed by atoms with van der Waals surface area (Å²) in [5.41, 5.74) is 2.77. The van der Waals surface area contributed by atoms with Crippen LogP contribution in [0.2, 0.25) is 0 Å². The van der Waals surface area contributed by atoms with Crippen molar-refractivity contribution in [2.45, 2.75) is 160 Å². The van der Waals surface area contributed by atoms with Crippen molar-refractivity contribution < 1.29 is 4.84 Å². The van der Waals surface area contributed by atoms with Gasteiger partial charge in [0, 0.05) is 43.3 Å². The van der Waals surface area contributed by atoms with Gasteiger partial charge in [-0.1, -0.05) is 108 Å². The highest BCUT2D eigenvalue weighted by Crippen LogP contribution is 2.41. The van der Waals surface area contributed by atoms with E-state index < -0.39 is 0 Å². The molecule has 0 amide bonds. The topological polar surface area (TPSA) is 38.2 Å². The summed E-state index contributed by atoms with van der Waals surface area (Å²) in [6.07, 6.45) is 39.4. The van der Waals surface area contributed by atoms with Crippen molar-refractivity contribution in [3.63, 3.8) is 0 Å². The van der Waals surface area contributed by atoms with Gasteiger partial charge in [-0.15, -0.1) is 0 Å². The van der Waals surface area contributed by atoms with E-state index >= 15 is 0 Å². The fourth-order valence-electron chi connectivity index (χ4n) is 7.24. The lowest BCUT2D eigenvalue weighted by atomic mass is 9.93. The van der Waals surface area contributed by atoms with E-state index in [1.807, 2.05) is 30.9 Å². The molecule has 1 aliphatic heterocycles. The van der Waals surface area contributed by atoms with E-state index in [1.165, 1.54) is 159 Å². The van der Waals surface area contributed by atoms with Crippen molar-refractivity contribution in [1.82, 2.24) is 15.0 Å². The number of aryl methyl sites for hydroxylation is 2. The predicted molar refractivity (Wildman–Crippen MR) is 172 cm³/mol. The second-order valence-corrected chi connectivity index (χ2v) is 13.0. The van der Waals surface area contributed by atoms with Crippen molar-refractivity contribution >= 4 is 0 Å². The van der Waals surface area contributed by atoms with Crippen LogP contribution in [0.1, 0.15) is 146 Å². The van der Waals surface area contributed by atoms with Gasteiger partial charge >= 0.3 is 0 Å². The molecule has 0 bridgehead atoms. The molecule has 2 aliphatic rings. The molecule has 3 atom stereocenters. The highest BCUT2D eigenvalue weighted by Gasteiger charge is 2.44. The van der Waals surface area contributed by atoms with Crippen LogP contribution in [0.5, 0.6) is 0 Å². The van der Waals surface area contributed by atoms with Crippen LogP contribution in [-0.2, 0) is 17.7 Å². The number of hydrogen-bond acceptors (Lipinski definition) is 4. The molecule has 1 saturated heterocycles. The summed E-state index contributed by atoms with van der Waals surface area (Å²) < 4.78 is 0. The molecule has 3 heterocycles. The van der Waals surface area contributed by atoms with Crippen LogP contribution in [0.3, 0.4) is 0 Å². The van der Waals surface area contributed by atoms with E-state index in [-0.39, 0.29) is 0 Å². The molecule has 0 aromatic carbocycles. The molecule has 0 radical (unpaired) electrons. The van der Waals surface area contributed by atoms with Crippen molar-refractivity contribution in [2.24, 2.45) is 5.92 Å². The number of aromatic nitrogens is 2. The molecular formula is C37H59N3O. The zero-order chi connectivity index (χ0) is 28.2. The van der Waals surface area contributed by atoms with Gasteiger partial charge in [0.1, 0.15) is 0 Å². The highest BCUT2D eigenvalue weighted by molar-refractivity contribution is 5.08. The third kappa shape index (κ3) is 12.5. The Labute approximate surface area is 252 Å². The fraction of sp³-hybridized carbons (Fsp3) is 0.730. The first-order chi connectivity index (χ1) is 20.4. The van der Waals surface area contributed by atoms with Gasteiger partial charge in [-0.2, -0.15) is 5.06 Å². The predicted octanol–water partition coefficient (Wildman–Crippen LogP) is 10.1. The van der Waals surface area contributed by atoms with E-state index in [1.54, 1.807) is 0 Å². The minimum atomic E-state index is 0.503. The second kappa shape index (κ2) is 20.2. The number of fused-ring (bicyclic) bond motifs is 1. The molecule has 4 nitrogen and oxygen atoms in total. The second-order valence-electron chi connectivity index (χ2n) is 13.0. The number of unbranched alkanes of at least 4 members (excludes halogenated alkanes) is 15. The van der Waals surface area contributed by atoms with Crippen molar-refractivity contribution in [2.75, 3.05) is 6.54 Å². The zero-order valence-corrected chi connectivity index (χ0v) is 26.1. The molecule has 4 heteroatoms. The quantitative estimate of drug-likeness (QED) is 0.127. The van der Waals surface area contributed by atoms with Gasteiger partial charge in [-0.25, -0.2) is 0 Å². The minimum absolute atomic E-state index is 0.503. The van der Waals surface area contributed by atoms with Crippen LogP contribution in [0.4, 0.5) is 0 Å². The monoisotopic (exact) mass is 561 g/mol. The van der Waals surface area contributed by atoms with Gasteiger partial charge in [0.15, 0.2) is 0 Å². The first-order valence-corrected chi connectivity index (χ1v) is 17.6. The number of nitrogens with zero attached hydrogens (tertiary/aromatic N) is 3. The summed E-state index contributed by atoms with van der Waals surface area (Å²) in [4.78, 5) is 15.0. The Bertz CT molecular complexity index is 892. The Morgan fingerprint density at radius 3 is 1.66 bits per heavy atom. The van der Waals surface area contributed by atoms with Gasteiger partial charge in [-0.3, -0.25) is 14.8 Å². The standard InChI is InChI=1S/C37H59N3O/c1(2-4-6-10-14-21-33-23-19-28-38-31-33)3-5-9-13-17-30-40-36-26-18-25-35(36)37(41-40)27-16-12-8-7-11-15-22-34-24-20-29-39-32-34/h19-20,23-24,28-29,31-32,35-37H,1-18,21-22,25-27,30H2/t35-,36+,37?/m0/s1. The minimum Gasteiger partial charge on any atom is -0.295 e. The largest absolute Gasteiger partial charge is 0.295 e. The Morgan fingerprint density at radius 2 is 1.12 bits per heavy atom. The van der Waals surface area contributed by atoms with E-state index in [9.17, 15) is 0 Å².